The van der Waals surface area contributed by atoms with Gasteiger partial charge in [-0.3, -0.25) is 0 Å². The molecule has 0 bridgehead atoms. The van der Waals surface area contributed by atoms with E-state index in [1.165, 1.54) is 4.90 Å². The molecule has 0 atom stereocenters. The molecule has 17 heavy (non-hydrogen) atoms. The van der Waals surface area contributed by atoms with Crippen molar-refractivity contribution in [3.8, 4) is 5.75 Å². The Hall–Kier alpha value is -1.61. The molecule has 0 aliphatic rings. The Morgan fingerprint density at radius 2 is 1.88 bits per heavy atom. The zero-order valence-corrected chi connectivity index (χ0v) is 10.5. The zero-order valence-electron chi connectivity index (χ0n) is 9.72. The second-order valence-electron chi connectivity index (χ2n) is 3.67. The van der Waals surface area contributed by atoms with Crippen LogP contribution in [0, 0.1) is 0 Å². The Morgan fingerprint density at radius 3 is 2.59 bits per heavy atom. The monoisotopic (exact) mass is 245 g/mol. The van der Waals surface area contributed by atoms with E-state index in [9.17, 15) is 0 Å². The van der Waals surface area contributed by atoms with Crippen molar-refractivity contribution in [1.29, 1.82) is 0 Å². The van der Waals surface area contributed by atoms with E-state index in [0.717, 1.165) is 22.8 Å². The molecule has 0 fully saturated rings. The SMILES string of the molecule is COc1ccc(N)cc1CSc1ccccc1. The van der Waals surface area contributed by atoms with Crippen molar-refractivity contribution in [3.63, 3.8) is 0 Å². The van der Waals surface area contributed by atoms with Gasteiger partial charge < -0.3 is 10.5 Å². The van der Waals surface area contributed by atoms with Gasteiger partial charge in [0, 0.05) is 21.9 Å². The summed E-state index contributed by atoms with van der Waals surface area (Å²) in [5, 5.41) is 0. The van der Waals surface area contributed by atoms with Crippen LogP contribution in [0.25, 0.3) is 0 Å². The molecule has 0 spiro atoms. The molecule has 0 heterocycles. The number of rotatable bonds is 4. The molecular formula is C14H15NOS. The first-order valence-electron chi connectivity index (χ1n) is 5.40. The summed E-state index contributed by atoms with van der Waals surface area (Å²) >= 11 is 1.78. The highest BCUT2D eigenvalue weighted by Crippen LogP contribution is 2.29. The molecule has 0 aliphatic carbocycles. The van der Waals surface area contributed by atoms with Crippen LogP contribution in [0.1, 0.15) is 5.56 Å². The summed E-state index contributed by atoms with van der Waals surface area (Å²) in [6, 6.07) is 16.0. The van der Waals surface area contributed by atoms with Crippen molar-refractivity contribution in [2.45, 2.75) is 10.6 Å². The van der Waals surface area contributed by atoms with Crippen LogP contribution in [-0.2, 0) is 5.75 Å². The highest BCUT2D eigenvalue weighted by atomic mass is 32.2. The van der Waals surface area contributed by atoms with Crippen molar-refractivity contribution < 1.29 is 4.74 Å². The first-order valence-corrected chi connectivity index (χ1v) is 6.38. The van der Waals surface area contributed by atoms with E-state index < -0.39 is 0 Å². The van der Waals surface area contributed by atoms with E-state index in [2.05, 4.69) is 12.1 Å². The molecule has 2 nitrogen and oxygen atoms in total. The van der Waals surface area contributed by atoms with Crippen molar-refractivity contribution in [1.82, 2.24) is 0 Å². The van der Waals surface area contributed by atoms with E-state index in [-0.39, 0.29) is 0 Å². The summed E-state index contributed by atoms with van der Waals surface area (Å²) in [4.78, 5) is 1.25. The Balaban J connectivity index is 2.11. The Morgan fingerprint density at radius 1 is 1.12 bits per heavy atom. The summed E-state index contributed by atoms with van der Waals surface area (Å²) in [5.41, 5.74) is 7.69. The molecule has 0 aromatic heterocycles. The van der Waals surface area contributed by atoms with Crippen LogP contribution in [-0.4, -0.2) is 7.11 Å². The predicted octanol–water partition coefficient (Wildman–Crippen LogP) is 3.57. The minimum atomic E-state index is 0.773. The number of hydrogen-bond donors (Lipinski definition) is 1. The summed E-state index contributed by atoms with van der Waals surface area (Å²) in [6.45, 7) is 0. The molecule has 0 amide bonds. The average Bonchev–Trinajstić information content (AvgIpc) is 2.38. The van der Waals surface area contributed by atoms with Crippen LogP contribution < -0.4 is 10.5 Å². The first kappa shape index (κ1) is 11.9. The van der Waals surface area contributed by atoms with E-state index in [1.54, 1.807) is 18.9 Å². The minimum Gasteiger partial charge on any atom is -0.496 e. The molecule has 0 saturated carbocycles. The largest absolute Gasteiger partial charge is 0.496 e. The second kappa shape index (κ2) is 5.64. The molecule has 3 heteroatoms. The number of anilines is 1. The second-order valence-corrected chi connectivity index (χ2v) is 4.72. The Bertz CT molecular complexity index is 485. The lowest BCUT2D eigenvalue weighted by Crippen LogP contribution is -1.93. The van der Waals surface area contributed by atoms with Crippen molar-refractivity contribution in [3.05, 3.63) is 54.1 Å². The van der Waals surface area contributed by atoms with Gasteiger partial charge in [0.15, 0.2) is 0 Å². The lowest BCUT2D eigenvalue weighted by atomic mass is 10.2. The van der Waals surface area contributed by atoms with Crippen LogP contribution in [0.3, 0.4) is 0 Å². The van der Waals surface area contributed by atoms with Gasteiger partial charge in [-0.15, -0.1) is 11.8 Å². The topological polar surface area (TPSA) is 35.2 Å². The molecule has 0 radical (unpaired) electrons. The molecule has 0 saturated heterocycles. The van der Waals surface area contributed by atoms with E-state index >= 15 is 0 Å². The van der Waals surface area contributed by atoms with Gasteiger partial charge in [0.1, 0.15) is 5.75 Å². The molecule has 0 unspecified atom stereocenters. The van der Waals surface area contributed by atoms with Gasteiger partial charge in [0.2, 0.25) is 0 Å². The molecular weight excluding hydrogens is 230 g/mol. The van der Waals surface area contributed by atoms with Crippen LogP contribution >= 0.6 is 11.8 Å². The van der Waals surface area contributed by atoms with Crippen LogP contribution in [0.15, 0.2) is 53.4 Å². The van der Waals surface area contributed by atoms with Crippen LogP contribution in [0.5, 0.6) is 5.75 Å². The first-order chi connectivity index (χ1) is 8.29. The fourth-order valence-corrected chi connectivity index (χ4v) is 2.49. The predicted molar refractivity (Wildman–Crippen MR) is 73.4 cm³/mol. The van der Waals surface area contributed by atoms with E-state index in [1.807, 2.05) is 36.4 Å². The van der Waals surface area contributed by atoms with Crippen LogP contribution in [0.2, 0.25) is 0 Å². The molecule has 2 aromatic carbocycles. The minimum absolute atomic E-state index is 0.773. The van der Waals surface area contributed by atoms with Crippen molar-refractivity contribution in [2.75, 3.05) is 12.8 Å². The molecule has 0 aliphatic heterocycles. The number of thioether (sulfide) groups is 1. The van der Waals surface area contributed by atoms with Gasteiger partial charge in [-0.2, -0.15) is 0 Å². The number of benzene rings is 2. The average molecular weight is 245 g/mol. The zero-order chi connectivity index (χ0) is 12.1. The molecule has 2 aromatic rings. The van der Waals surface area contributed by atoms with E-state index in [0.29, 0.717) is 0 Å². The molecule has 88 valence electrons. The van der Waals surface area contributed by atoms with Crippen molar-refractivity contribution in [2.24, 2.45) is 0 Å². The normalized spacial score (nSPS) is 10.2. The van der Waals surface area contributed by atoms with Crippen LogP contribution in [0.4, 0.5) is 5.69 Å². The lowest BCUT2D eigenvalue weighted by molar-refractivity contribution is 0.411. The highest BCUT2D eigenvalue weighted by molar-refractivity contribution is 7.98. The maximum atomic E-state index is 5.79. The van der Waals surface area contributed by atoms with Gasteiger partial charge in [-0.1, -0.05) is 18.2 Å². The van der Waals surface area contributed by atoms with Gasteiger partial charge >= 0.3 is 0 Å². The van der Waals surface area contributed by atoms with E-state index in [4.69, 9.17) is 10.5 Å². The summed E-state index contributed by atoms with van der Waals surface area (Å²) < 4.78 is 5.32. The number of ether oxygens (including phenoxy) is 1. The smallest absolute Gasteiger partial charge is 0.123 e. The number of nitrogen functional groups attached to an aromatic ring is 1. The fraction of sp³-hybridized carbons (Fsp3) is 0.143. The number of methoxy groups -OCH3 is 1. The summed E-state index contributed by atoms with van der Waals surface area (Å²) in [7, 11) is 1.68. The van der Waals surface area contributed by atoms with Crippen molar-refractivity contribution >= 4 is 17.4 Å². The third-order valence-electron chi connectivity index (χ3n) is 2.44. The number of hydrogen-bond acceptors (Lipinski definition) is 3. The lowest BCUT2D eigenvalue weighted by Gasteiger charge is -2.09. The summed E-state index contributed by atoms with van der Waals surface area (Å²) in [6.07, 6.45) is 0. The Kier molecular flexibility index (Phi) is 3.94. The maximum absolute atomic E-state index is 5.79. The Labute approximate surface area is 106 Å². The summed E-state index contributed by atoms with van der Waals surface area (Å²) in [5.74, 6) is 1.75. The standard InChI is InChI=1S/C14H15NOS/c1-16-14-8-7-12(15)9-11(14)10-17-13-5-3-2-4-6-13/h2-9H,10,15H2,1H3. The highest BCUT2D eigenvalue weighted by Gasteiger charge is 2.04. The van der Waals surface area contributed by atoms with Gasteiger partial charge in [0.05, 0.1) is 7.11 Å². The third-order valence-corrected chi connectivity index (χ3v) is 3.50. The third kappa shape index (κ3) is 3.17. The maximum Gasteiger partial charge on any atom is 0.123 e. The molecule has 2 N–H and O–H groups in total. The van der Waals surface area contributed by atoms with Gasteiger partial charge in [-0.05, 0) is 30.3 Å². The fourth-order valence-electron chi connectivity index (χ4n) is 1.59. The quantitative estimate of drug-likeness (QED) is 0.660. The number of nitrogens with two attached hydrogens (primary N) is 1. The van der Waals surface area contributed by atoms with Gasteiger partial charge in [0.25, 0.3) is 0 Å². The molecule has 2 rings (SSSR count). The van der Waals surface area contributed by atoms with Gasteiger partial charge in [-0.25, -0.2) is 0 Å².